The van der Waals surface area contributed by atoms with Crippen LogP contribution < -0.4 is 23.7 Å². The Hall–Kier alpha value is -5.52. The minimum absolute atomic E-state index is 0.0870. The summed E-state index contributed by atoms with van der Waals surface area (Å²) >= 11 is 0. The summed E-state index contributed by atoms with van der Waals surface area (Å²) in [7, 11) is 12.9. The molecule has 0 saturated heterocycles. The molecule has 4 unspecified atom stereocenters. The summed E-state index contributed by atoms with van der Waals surface area (Å²) in [5.41, 5.74) is 11.4. The molecule has 0 amide bonds. The zero-order valence-corrected chi connectivity index (χ0v) is 39.1. The Bertz CT molecular complexity index is 2290. The molecule has 6 rings (SSSR count). The Morgan fingerprint density at radius 1 is 0.540 bits per heavy atom. The predicted octanol–water partition coefficient (Wildman–Crippen LogP) is 8.35. The summed E-state index contributed by atoms with van der Waals surface area (Å²) in [6.07, 6.45) is 7.18. The maximum absolute atomic E-state index is 12.8. The zero-order chi connectivity index (χ0) is 45.3. The Kier molecular flexibility index (Phi) is 15.5. The number of rotatable bonds is 19. The van der Waals surface area contributed by atoms with Gasteiger partial charge in [0.25, 0.3) is 0 Å². The van der Waals surface area contributed by atoms with Crippen LogP contribution in [0.3, 0.4) is 0 Å². The number of carbonyl (C=O) groups is 2. The van der Waals surface area contributed by atoms with Crippen molar-refractivity contribution < 1.29 is 51.7 Å². The number of nitrogens with zero attached hydrogens (tertiary/aromatic N) is 2. The molecule has 0 fully saturated rings. The van der Waals surface area contributed by atoms with Crippen molar-refractivity contribution in [1.82, 2.24) is 0 Å². The van der Waals surface area contributed by atoms with E-state index < -0.39 is 11.9 Å². The molecule has 0 N–H and O–H groups in total. The molecule has 2 heterocycles. The monoisotopic (exact) mass is 864 g/mol. The fourth-order valence-corrected chi connectivity index (χ4v) is 9.69. The number of hydrogen-bond donors (Lipinski definition) is 0. The van der Waals surface area contributed by atoms with Crippen LogP contribution in [-0.4, -0.2) is 110 Å². The average Bonchev–Trinajstić information content (AvgIpc) is 3.28. The quantitative estimate of drug-likeness (QED) is 0.0399. The number of esters is 2. The molecule has 63 heavy (non-hydrogen) atoms. The molecular weight excluding hydrogens is 797 g/mol. The lowest BCUT2D eigenvalue weighted by Gasteiger charge is -2.46. The van der Waals surface area contributed by atoms with E-state index in [0.29, 0.717) is 30.1 Å². The molecule has 4 atom stereocenters. The standard InChI is InChI=1S/C52H68N2O9/c1-35-13-14-38(31-47(35)58-7)29-44-42-28-37(3)36(2)27-40(42)19-23-53(44,4)21-11-25-62-51(55)17-18-52(56)63-26-12-22-54(5)24-20-41-33-49(60-9)50(61-10)34-43(41)45(54)30-39-15-16-46(57-6)48(32-39)59-8/h13-18,27-28,31-34,44-45H,11-12,19-26,29-30H2,1-10H3/q+2/b18-17+. The van der Waals surface area contributed by atoms with E-state index in [4.69, 9.17) is 33.2 Å². The molecule has 0 aliphatic carbocycles. The highest BCUT2D eigenvalue weighted by molar-refractivity contribution is 5.91. The third-order valence-corrected chi connectivity index (χ3v) is 13.7. The first kappa shape index (κ1) is 47.0. The van der Waals surface area contributed by atoms with Crippen molar-refractivity contribution in [3.05, 3.63) is 123 Å². The maximum Gasteiger partial charge on any atom is 0.331 e. The molecule has 0 bridgehead atoms. The topological polar surface area (TPSA) is 98.8 Å². The van der Waals surface area contributed by atoms with Crippen molar-refractivity contribution >= 4 is 11.9 Å². The fourth-order valence-electron chi connectivity index (χ4n) is 9.69. The van der Waals surface area contributed by atoms with Gasteiger partial charge in [-0.2, -0.15) is 0 Å². The van der Waals surface area contributed by atoms with E-state index in [1.54, 1.807) is 35.5 Å². The zero-order valence-electron chi connectivity index (χ0n) is 39.1. The fraction of sp³-hybridized carbons (Fsp3) is 0.462. The number of likely N-dealkylation sites (N-methyl/N-ethyl adjacent to an activating group) is 2. The van der Waals surface area contributed by atoms with Crippen LogP contribution in [0.25, 0.3) is 0 Å². The summed E-state index contributed by atoms with van der Waals surface area (Å²) in [5.74, 6) is 2.57. The number of carbonyl (C=O) groups excluding carboxylic acids is 2. The molecule has 0 aromatic heterocycles. The number of aryl methyl sites for hydroxylation is 3. The number of methoxy groups -OCH3 is 5. The van der Waals surface area contributed by atoms with Crippen LogP contribution in [-0.2, 0) is 44.7 Å². The second-order valence-corrected chi connectivity index (χ2v) is 17.7. The molecular formula is C52H68N2O9+2. The van der Waals surface area contributed by atoms with Crippen molar-refractivity contribution in [1.29, 1.82) is 0 Å². The van der Waals surface area contributed by atoms with E-state index in [9.17, 15) is 9.59 Å². The molecule has 0 radical (unpaired) electrons. The van der Waals surface area contributed by atoms with Crippen LogP contribution in [0, 0.1) is 20.8 Å². The molecule has 0 saturated carbocycles. The number of fused-ring (bicyclic) bond motifs is 2. The van der Waals surface area contributed by atoms with E-state index in [1.807, 2.05) is 12.1 Å². The van der Waals surface area contributed by atoms with Gasteiger partial charge in [-0.3, -0.25) is 0 Å². The van der Waals surface area contributed by atoms with E-state index >= 15 is 0 Å². The number of quaternary nitrogens is 2. The highest BCUT2D eigenvalue weighted by Crippen LogP contribution is 2.44. The van der Waals surface area contributed by atoms with Gasteiger partial charge in [-0.05, 0) is 96.1 Å². The lowest BCUT2D eigenvalue weighted by molar-refractivity contribution is -0.941. The summed E-state index contributed by atoms with van der Waals surface area (Å²) in [6.45, 7) is 10.4. The van der Waals surface area contributed by atoms with Gasteiger partial charge in [-0.1, -0.05) is 24.3 Å². The maximum atomic E-state index is 12.8. The van der Waals surface area contributed by atoms with E-state index in [-0.39, 0.29) is 25.3 Å². The normalized spacial score (nSPS) is 20.3. The van der Waals surface area contributed by atoms with Gasteiger partial charge in [0.2, 0.25) is 0 Å². The Labute approximate surface area is 374 Å². The first-order chi connectivity index (χ1) is 30.2. The van der Waals surface area contributed by atoms with Gasteiger partial charge in [0.1, 0.15) is 17.8 Å². The second-order valence-electron chi connectivity index (χ2n) is 17.7. The van der Waals surface area contributed by atoms with Crippen LogP contribution in [0.5, 0.6) is 28.7 Å². The highest BCUT2D eigenvalue weighted by Gasteiger charge is 2.41. The summed E-state index contributed by atoms with van der Waals surface area (Å²) < 4.78 is 41.0. The lowest BCUT2D eigenvalue weighted by Crippen LogP contribution is -2.52. The van der Waals surface area contributed by atoms with E-state index in [0.717, 1.165) is 83.5 Å². The molecule has 338 valence electrons. The SMILES string of the molecule is COc1cc(CC2c3cc(C)c(C)cc3CC[N+]2(C)CCCOC(=O)/C=C/C(=O)OCCC[N+]2(C)CCc3cc(OC)c(OC)cc3C2Cc2ccc(OC)c(OC)c2)ccc1C. The Balaban J connectivity index is 1.02. The second kappa shape index (κ2) is 20.8. The van der Waals surface area contributed by atoms with E-state index in [1.165, 1.54) is 51.1 Å². The van der Waals surface area contributed by atoms with Crippen LogP contribution in [0.15, 0.2) is 72.8 Å². The molecule has 11 nitrogen and oxygen atoms in total. The summed E-state index contributed by atoms with van der Waals surface area (Å²) in [5, 5.41) is 0. The van der Waals surface area contributed by atoms with Gasteiger partial charge in [0.05, 0.1) is 89.0 Å². The van der Waals surface area contributed by atoms with Gasteiger partial charge in [0, 0.05) is 61.8 Å². The van der Waals surface area contributed by atoms with Gasteiger partial charge >= 0.3 is 11.9 Å². The minimum Gasteiger partial charge on any atom is -0.496 e. The molecule has 11 heteroatoms. The Morgan fingerprint density at radius 3 is 1.52 bits per heavy atom. The third kappa shape index (κ3) is 11.0. The van der Waals surface area contributed by atoms with Crippen molar-refractivity contribution in [3.8, 4) is 28.7 Å². The average molecular weight is 865 g/mol. The predicted molar refractivity (Wildman–Crippen MR) is 245 cm³/mol. The third-order valence-electron chi connectivity index (χ3n) is 13.7. The first-order valence-electron chi connectivity index (χ1n) is 22.1. The van der Waals surface area contributed by atoms with Crippen LogP contribution in [0.4, 0.5) is 0 Å². The van der Waals surface area contributed by atoms with Crippen molar-refractivity contribution in [3.63, 3.8) is 0 Å². The van der Waals surface area contributed by atoms with E-state index in [2.05, 4.69) is 83.4 Å². The number of benzene rings is 4. The highest BCUT2D eigenvalue weighted by atomic mass is 16.5. The molecule has 0 spiro atoms. The van der Waals surface area contributed by atoms with Crippen LogP contribution in [0.1, 0.15) is 75.0 Å². The molecule has 2 aliphatic rings. The summed E-state index contributed by atoms with van der Waals surface area (Å²) in [4.78, 5) is 25.5. The van der Waals surface area contributed by atoms with Crippen molar-refractivity contribution in [2.24, 2.45) is 0 Å². The molecule has 4 aromatic carbocycles. The van der Waals surface area contributed by atoms with Gasteiger partial charge in [-0.25, -0.2) is 9.59 Å². The van der Waals surface area contributed by atoms with Gasteiger partial charge < -0.3 is 42.1 Å². The number of ether oxygens (including phenoxy) is 7. The molecule has 2 aliphatic heterocycles. The van der Waals surface area contributed by atoms with Gasteiger partial charge in [0.15, 0.2) is 23.0 Å². The Morgan fingerprint density at radius 2 is 0.984 bits per heavy atom. The largest absolute Gasteiger partial charge is 0.496 e. The minimum atomic E-state index is -0.566. The smallest absolute Gasteiger partial charge is 0.331 e. The number of hydrogen-bond acceptors (Lipinski definition) is 9. The van der Waals surface area contributed by atoms with Crippen molar-refractivity contribution in [2.75, 3.05) is 89.0 Å². The first-order valence-corrected chi connectivity index (χ1v) is 22.1. The van der Waals surface area contributed by atoms with Crippen LogP contribution >= 0.6 is 0 Å². The lowest BCUT2D eigenvalue weighted by atomic mass is 9.84. The van der Waals surface area contributed by atoms with Gasteiger partial charge in [-0.15, -0.1) is 0 Å². The van der Waals surface area contributed by atoms with Crippen LogP contribution in [0.2, 0.25) is 0 Å². The van der Waals surface area contributed by atoms with Crippen molar-refractivity contribution in [2.45, 2.75) is 71.4 Å². The molecule has 4 aromatic rings. The summed E-state index contributed by atoms with van der Waals surface area (Å²) in [6, 6.07) is 21.8.